The molecule has 3 rings (SSSR count). The fourth-order valence-electron chi connectivity index (χ4n) is 2.57. The van der Waals surface area contributed by atoms with E-state index in [4.69, 9.17) is 4.98 Å². The number of nitrogens with one attached hydrogen (secondary N) is 1. The van der Waals surface area contributed by atoms with E-state index in [2.05, 4.69) is 38.2 Å². The largest absolute Gasteiger partial charge is 0.347 e. The summed E-state index contributed by atoms with van der Waals surface area (Å²) in [5.74, 6) is 0.0123. The third-order valence-corrected chi connectivity index (χ3v) is 6.09. The molecule has 0 unspecified atom stereocenters. The van der Waals surface area contributed by atoms with Crippen molar-refractivity contribution in [2.24, 2.45) is 5.92 Å². The Labute approximate surface area is 160 Å². The van der Waals surface area contributed by atoms with Gasteiger partial charge in [-0.2, -0.15) is 0 Å². The molecule has 0 aliphatic heterocycles. The maximum atomic E-state index is 13.0. The standard InChI is InChI=1S/C20H21FN2OS2/c1-12(2)10-16-18(26-20(23-16)17-9-4-13(3)25-17)19(24)22-11-14-5-7-15(21)8-6-14/h4-9,12H,10-11H2,1-3H3,(H,22,24). The zero-order valence-electron chi connectivity index (χ0n) is 15.0. The second kappa shape index (κ2) is 8.10. The zero-order valence-corrected chi connectivity index (χ0v) is 16.6. The minimum absolute atomic E-state index is 0.123. The lowest BCUT2D eigenvalue weighted by atomic mass is 10.1. The molecule has 26 heavy (non-hydrogen) atoms. The fraction of sp³-hybridized carbons (Fsp3) is 0.300. The van der Waals surface area contributed by atoms with Gasteiger partial charge in [-0.1, -0.05) is 26.0 Å². The lowest BCUT2D eigenvalue weighted by Gasteiger charge is -2.07. The second-order valence-electron chi connectivity index (χ2n) is 6.61. The molecule has 136 valence electrons. The van der Waals surface area contributed by atoms with E-state index in [9.17, 15) is 9.18 Å². The number of carbonyl (C=O) groups is 1. The lowest BCUT2D eigenvalue weighted by molar-refractivity contribution is 0.0953. The quantitative estimate of drug-likeness (QED) is 0.610. The van der Waals surface area contributed by atoms with Gasteiger partial charge in [0, 0.05) is 11.4 Å². The molecule has 0 saturated carbocycles. The molecule has 3 aromatic rings. The molecule has 0 spiro atoms. The SMILES string of the molecule is Cc1ccc(-c2nc(CC(C)C)c(C(=O)NCc3ccc(F)cc3)s2)s1. The van der Waals surface area contributed by atoms with Gasteiger partial charge in [-0.15, -0.1) is 22.7 Å². The van der Waals surface area contributed by atoms with Crippen LogP contribution in [-0.2, 0) is 13.0 Å². The maximum Gasteiger partial charge on any atom is 0.263 e. The molecule has 2 heterocycles. The van der Waals surface area contributed by atoms with Crippen molar-refractivity contribution in [3.05, 3.63) is 63.2 Å². The van der Waals surface area contributed by atoms with Crippen LogP contribution in [0.1, 0.15) is 39.7 Å². The normalized spacial score (nSPS) is 11.1. The predicted octanol–water partition coefficient (Wildman–Crippen LogP) is 5.45. The van der Waals surface area contributed by atoms with Gasteiger partial charge in [0.1, 0.15) is 15.7 Å². The van der Waals surface area contributed by atoms with E-state index in [1.807, 2.05) is 0 Å². The summed E-state index contributed by atoms with van der Waals surface area (Å²) in [5, 5.41) is 3.82. The molecule has 1 N–H and O–H groups in total. The molecular weight excluding hydrogens is 367 g/mol. The number of thiophene rings is 1. The molecule has 0 radical (unpaired) electrons. The van der Waals surface area contributed by atoms with Crippen molar-refractivity contribution in [1.82, 2.24) is 10.3 Å². The van der Waals surface area contributed by atoms with Crippen LogP contribution in [0.25, 0.3) is 9.88 Å². The highest BCUT2D eigenvalue weighted by atomic mass is 32.1. The van der Waals surface area contributed by atoms with Crippen LogP contribution in [0.5, 0.6) is 0 Å². The Bertz CT molecular complexity index is 897. The fourth-order valence-corrected chi connectivity index (χ4v) is 4.51. The van der Waals surface area contributed by atoms with Crippen molar-refractivity contribution < 1.29 is 9.18 Å². The third kappa shape index (κ3) is 4.56. The van der Waals surface area contributed by atoms with E-state index in [-0.39, 0.29) is 11.7 Å². The molecule has 0 atom stereocenters. The first-order chi connectivity index (χ1) is 12.4. The average molecular weight is 389 g/mol. The highest BCUT2D eigenvalue weighted by molar-refractivity contribution is 7.22. The highest BCUT2D eigenvalue weighted by Gasteiger charge is 2.20. The maximum absolute atomic E-state index is 13.0. The first kappa shape index (κ1) is 18.7. The molecule has 0 fully saturated rings. The van der Waals surface area contributed by atoms with Crippen molar-refractivity contribution in [3.8, 4) is 9.88 Å². The van der Waals surface area contributed by atoms with Crippen LogP contribution in [0.2, 0.25) is 0 Å². The molecule has 0 aliphatic carbocycles. The van der Waals surface area contributed by atoms with Gasteiger partial charge in [-0.25, -0.2) is 9.37 Å². The van der Waals surface area contributed by atoms with Gasteiger partial charge < -0.3 is 5.32 Å². The number of amides is 1. The molecule has 2 aromatic heterocycles. The van der Waals surface area contributed by atoms with E-state index in [0.29, 0.717) is 17.3 Å². The highest BCUT2D eigenvalue weighted by Crippen LogP contribution is 2.33. The summed E-state index contributed by atoms with van der Waals surface area (Å²) in [6, 6.07) is 10.3. The minimum atomic E-state index is -0.280. The summed E-state index contributed by atoms with van der Waals surface area (Å²) in [5.41, 5.74) is 1.71. The van der Waals surface area contributed by atoms with Crippen molar-refractivity contribution >= 4 is 28.6 Å². The number of halogens is 1. The second-order valence-corrected chi connectivity index (χ2v) is 8.90. The van der Waals surface area contributed by atoms with Gasteiger partial charge in [0.05, 0.1) is 10.6 Å². The van der Waals surface area contributed by atoms with E-state index in [1.165, 1.54) is 28.3 Å². The molecular formula is C20H21FN2OS2. The summed E-state index contributed by atoms with van der Waals surface area (Å²) in [4.78, 5) is 20.5. The molecule has 0 saturated heterocycles. The van der Waals surface area contributed by atoms with Crippen LogP contribution in [0.15, 0.2) is 36.4 Å². The summed E-state index contributed by atoms with van der Waals surface area (Å²) in [7, 11) is 0. The molecule has 1 amide bonds. The van der Waals surface area contributed by atoms with E-state index < -0.39 is 0 Å². The van der Waals surface area contributed by atoms with Gasteiger partial charge in [-0.3, -0.25) is 4.79 Å². The van der Waals surface area contributed by atoms with Crippen molar-refractivity contribution in [3.63, 3.8) is 0 Å². The Kier molecular flexibility index (Phi) is 5.84. The van der Waals surface area contributed by atoms with Gasteiger partial charge in [0.15, 0.2) is 0 Å². The Morgan fingerprint density at radius 1 is 1.15 bits per heavy atom. The predicted molar refractivity (Wildman–Crippen MR) is 106 cm³/mol. The molecule has 0 aliphatic rings. The van der Waals surface area contributed by atoms with Crippen LogP contribution >= 0.6 is 22.7 Å². The molecule has 3 nitrogen and oxygen atoms in total. The van der Waals surface area contributed by atoms with Crippen LogP contribution in [0.3, 0.4) is 0 Å². The van der Waals surface area contributed by atoms with Gasteiger partial charge in [0.25, 0.3) is 5.91 Å². The minimum Gasteiger partial charge on any atom is -0.347 e. The van der Waals surface area contributed by atoms with E-state index in [1.54, 1.807) is 23.5 Å². The summed E-state index contributed by atoms with van der Waals surface area (Å²) >= 11 is 3.13. The van der Waals surface area contributed by atoms with Crippen LogP contribution in [-0.4, -0.2) is 10.9 Å². The number of thiazole rings is 1. The topological polar surface area (TPSA) is 42.0 Å². The van der Waals surface area contributed by atoms with Crippen LogP contribution in [0, 0.1) is 18.7 Å². The van der Waals surface area contributed by atoms with Crippen molar-refractivity contribution in [1.29, 1.82) is 0 Å². The van der Waals surface area contributed by atoms with E-state index >= 15 is 0 Å². The lowest BCUT2D eigenvalue weighted by Crippen LogP contribution is -2.23. The monoisotopic (exact) mass is 388 g/mol. The van der Waals surface area contributed by atoms with Crippen LogP contribution in [0.4, 0.5) is 4.39 Å². The number of aryl methyl sites for hydroxylation is 1. The van der Waals surface area contributed by atoms with Gasteiger partial charge >= 0.3 is 0 Å². The number of carbonyl (C=O) groups excluding carboxylic acids is 1. The Balaban J connectivity index is 1.80. The number of nitrogens with zero attached hydrogens (tertiary/aromatic N) is 1. The summed E-state index contributed by atoms with van der Waals surface area (Å²) in [6.07, 6.45) is 0.764. The van der Waals surface area contributed by atoms with Crippen molar-refractivity contribution in [2.45, 2.75) is 33.7 Å². The summed E-state index contributed by atoms with van der Waals surface area (Å²) in [6.45, 7) is 6.67. The van der Waals surface area contributed by atoms with Crippen LogP contribution < -0.4 is 5.32 Å². The first-order valence-corrected chi connectivity index (χ1v) is 10.1. The Morgan fingerprint density at radius 3 is 2.50 bits per heavy atom. The number of benzene rings is 1. The molecule has 0 bridgehead atoms. The van der Waals surface area contributed by atoms with Crippen molar-refractivity contribution in [2.75, 3.05) is 0 Å². The first-order valence-electron chi connectivity index (χ1n) is 8.51. The smallest absolute Gasteiger partial charge is 0.263 e. The number of hydrogen-bond acceptors (Lipinski definition) is 4. The van der Waals surface area contributed by atoms with E-state index in [0.717, 1.165) is 27.6 Å². The van der Waals surface area contributed by atoms with Gasteiger partial charge in [0.2, 0.25) is 0 Å². The molecule has 6 heteroatoms. The van der Waals surface area contributed by atoms with Gasteiger partial charge in [-0.05, 0) is 49.1 Å². The summed E-state index contributed by atoms with van der Waals surface area (Å²) < 4.78 is 13.0. The average Bonchev–Trinajstić information content (AvgIpc) is 3.20. The zero-order chi connectivity index (χ0) is 18.7. The molecule has 1 aromatic carbocycles. The third-order valence-electron chi connectivity index (χ3n) is 3.82. The number of hydrogen-bond donors (Lipinski definition) is 1. The number of aromatic nitrogens is 1. The Hall–Kier alpha value is -2.05. The number of rotatable bonds is 6. The Morgan fingerprint density at radius 2 is 1.88 bits per heavy atom.